The summed E-state index contributed by atoms with van der Waals surface area (Å²) < 4.78 is 26.4. The molecule has 3 aliphatic heterocycles. The molecular weight excluding hydrogens is 1400 g/mol. The zero-order chi connectivity index (χ0) is 75.6. The second-order valence-electron chi connectivity index (χ2n) is 24.7. The molecule has 0 saturated heterocycles. The first-order valence-electron chi connectivity index (χ1n) is 33.4. The van der Waals surface area contributed by atoms with Crippen molar-refractivity contribution in [1.29, 1.82) is 0 Å². The second kappa shape index (κ2) is 35.8. The Morgan fingerprint density at radius 1 is 0.762 bits per heavy atom. The van der Waals surface area contributed by atoms with E-state index in [4.69, 9.17) is 39.4 Å². The molecule has 4 aromatic heterocycles. The fourth-order valence-electron chi connectivity index (χ4n) is 12.3. The van der Waals surface area contributed by atoms with Crippen molar-refractivity contribution in [3.8, 4) is 0 Å². The number of hydrogen-bond acceptors (Lipinski definition) is 24. The average molecular weight is 1480 g/mol. The third-order valence-corrected chi connectivity index (χ3v) is 20.3. The number of aliphatic carboxylic acids is 2. The molecule has 105 heavy (non-hydrogen) atoms. The lowest BCUT2D eigenvalue weighted by Gasteiger charge is -2.36. The number of H-pyrrole nitrogens is 3. The first-order chi connectivity index (χ1) is 50.3. The van der Waals surface area contributed by atoms with E-state index in [1.807, 2.05) is 52.0 Å². The highest BCUT2D eigenvalue weighted by Crippen LogP contribution is 2.53. The van der Waals surface area contributed by atoms with E-state index in [1.165, 1.54) is 56.5 Å². The molecule has 5 aromatic rings. The number of allylic oxidation sites excluding steroid dienone is 8. The molecule has 1 aliphatic carbocycles. The number of esters is 3. The summed E-state index contributed by atoms with van der Waals surface area (Å²) >= 11 is 0. The molecule has 13 N–H and O–H groups in total. The molecule has 4 atom stereocenters. The van der Waals surface area contributed by atoms with Gasteiger partial charge >= 0.3 is 35.9 Å². The van der Waals surface area contributed by atoms with Crippen LogP contribution in [0.4, 0.5) is 16.3 Å². The number of nitrogens with two attached hydrogens (primary N) is 1. The third-order valence-electron chi connectivity index (χ3n) is 17.9. The van der Waals surface area contributed by atoms with Crippen molar-refractivity contribution < 1.29 is 77.0 Å². The first kappa shape index (κ1) is 78.0. The highest BCUT2D eigenvalue weighted by Gasteiger charge is 2.53. The van der Waals surface area contributed by atoms with Gasteiger partial charge in [-0.05, 0) is 135 Å². The van der Waals surface area contributed by atoms with Crippen LogP contribution >= 0.6 is 21.6 Å². The monoisotopic (exact) mass is 1480 g/mol. The summed E-state index contributed by atoms with van der Waals surface area (Å²) in [5.41, 5.74) is 22.2. The normalized spacial score (nSPS) is 15.4. The van der Waals surface area contributed by atoms with Crippen molar-refractivity contribution in [2.45, 2.75) is 96.7 Å². The maximum atomic E-state index is 14.0. The molecule has 4 amide bonds. The Hall–Kier alpha value is -11.2. The van der Waals surface area contributed by atoms with E-state index >= 15 is 0 Å². The van der Waals surface area contributed by atoms with Crippen LogP contribution in [-0.2, 0) is 75.6 Å². The van der Waals surface area contributed by atoms with Crippen LogP contribution < -0.4 is 43.4 Å². The summed E-state index contributed by atoms with van der Waals surface area (Å²) in [5.74, 6) is -6.80. The Bertz CT molecular complexity index is 4660. The Morgan fingerprint density at radius 2 is 1.50 bits per heavy atom. The number of carbonyl (C=O) groups is 9. The largest absolute Gasteiger partial charge is 0.480 e. The molecule has 9 rings (SSSR count). The van der Waals surface area contributed by atoms with E-state index in [0.717, 1.165) is 49.7 Å². The van der Waals surface area contributed by atoms with Crippen molar-refractivity contribution in [2.24, 2.45) is 5.92 Å². The number of hydrazine groups is 1. The molecule has 0 saturated carbocycles. The molecule has 4 aliphatic rings. The van der Waals surface area contributed by atoms with Crippen LogP contribution in [-0.4, -0.2) is 177 Å². The Labute approximate surface area is 610 Å². The molecule has 554 valence electrons. The fourth-order valence-corrected chi connectivity index (χ4v) is 14.2. The maximum absolute atomic E-state index is 14.0. The van der Waals surface area contributed by atoms with Crippen LogP contribution in [0.1, 0.15) is 121 Å². The van der Waals surface area contributed by atoms with E-state index in [2.05, 4.69) is 63.6 Å². The molecular formula is C72H82N14O17S2. The number of anilines is 2. The van der Waals surface area contributed by atoms with E-state index in [0.29, 0.717) is 88.0 Å². The number of carboxylic acids is 2. The summed E-state index contributed by atoms with van der Waals surface area (Å²) in [4.78, 5) is 156. The van der Waals surface area contributed by atoms with E-state index in [-0.39, 0.29) is 98.5 Å². The minimum absolute atomic E-state index is 0.0121. The summed E-state index contributed by atoms with van der Waals surface area (Å²) in [5, 5.41) is 30.2. The van der Waals surface area contributed by atoms with Gasteiger partial charge in [0.25, 0.3) is 11.5 Å². The Kier molecular flexibility index (Phi) is 26.6. The summed E-state index contributed by atoms with van der Waals surface area (Å²) in [6.07, 6.45) is 6.65. The molecule has 0 unspecified atom stereocenters. The predicted molar refractivity (Wildman–Crippen MR) is 395 cm³/mol. The maximum Gasteiger partial charge on any atom is 0.421 e. The summed E-state index contributed by atoms with van der Waals surface area (Å²) in [7, 11) is 6.26. The highest BCUT2D eigenvalue weighted by atomic mass is 33.1. The highest BCUT2D eigenvalue weighted by molar-refractivity contribution is 8.76. The van der Waals surface area contributed by atoms with Gasteiger partial charge in [0.2, 0.25) is 11.8 Å². The van der Waals surface area contributed by atoms with Gasteiger partial charge in [-0.15, -0.1) is 0 Å². The van der Waals surface area contributed by atoms with E-state index < -0.39 is 76.7 Å². The lowest BCUT2D eigenvalue weighted by Crippen LogP contribution is -2.42. The molecule has 0 spiro atoms. The van der Waals surface area contributed by atoms with Gasteiger partial charge in [-0.3, -0.25) is 39.2 Å². The number of aryl methyl sites for hydroxylation is 2. The topological polar surface area (TPSA) is 454 Å². The van der Waals surface area contributed by atoms with Gasteiger partial charge in [0, 0.05) is 89.2 Å². The van der Waals surface area contributed by atoms with E-state index in [1.54, 1.807) is 30.4 Å². The summed E-state index contributed by atoms with van der Waals surface area (Å²) in [6.45, 7) is 12.2. The Balaban J connectivity index is 0.708. The van der Waals surface area contributed by atoms with Gasteiger partial charge in [0.05, 0.1) is 92.3 Å². The van der Waals surface area contributed by atoms with Gasteiger partial charge in [-0.1, -0.05) is 46.4 Å². The molecule has 31 nitrogen and oxygen atoms in total. The van der Waals surface area contributed by atoms with Gasteiger partial charge in [-0.25, -0.2) is 39.6 Å². The van der Waals surface area contributed by atoms with Gasteiger partial charge < -0.3 is 75.9 Å². The zero-order valence-electron chi connectivity index (χ0n) is 58.8. The predicted octanol–water partition coefficient (Wildman–Crippen LogP) is 6.72. The number of nitrogens with zero attached hydrogens (tertiary/aromatic N) is 4. The fraction of sp³-hybridized carbons (Fsp3) is 0.361. The van der Waals surface area contributed by atoms with Crippen molar-refractivity contribution in [3.63, 3.8) is 0 Å². The number of aromatic amines is 3. The zero-order valence-corrected chi connectivity index (χ0v) is 60.4. The number of methoxy groups -OCH3 is 3. The third kappa shape index (κ3) is 19.2. The van der Waals surface area contributed by atoms with Crippen molar-refractivity contribution in [3.05, 3.63) is 158 Å². The number of nitrogens with one attached hydrogen (secondary N) is 9. The SMILES string of the molecule is C=CC1=C(C)c2cc3[nH]c(cc4nc(cc5[nH]c(cc1n2)c(C)c5CCC(=O)OC)C(CCCNNC(=O)OCCSSC[C@H](NC(=O)CCOCCNC(=O)CC[C@@H](NC(=O)c1ccc(NCc2cnc5cc(N)[nH]c(=O)c5n2)cc1)C(=O)O)C(=O)O)=C4C)[C@@]1(C)C3=CC=C(C(=O)OC)[C@H]1C(=O)OC. The van der Waals surface area contributed by atoms with Gasteiger partial charge in [0.15, 0.2) is 5.52 Å². The molecule has 7 heterocycles. The van der Waals surface area contributed by atoms with Crippen LogP contribution in [0.2, 0.25) is 0 Å². The minimum atomic E-state index is -1.38. The smallest absolute Gasteiger partial charge is 0.421 e. The van der Waals surface area contributed by atoms with Crippen LogP contribution in [0.15, 0.2) is 96.0 Å². The number of hydrogen-bond donors (Lipinski definition) is 12. The molecule has 1 aromatic carbocycles. The number of fused-ring (bicyclic) bond motifs is 12. The van der Waals surface area contributed by atoms with Crippen LogP contribution in [0.3, 0.4) is 0 Å². The van der Waals surface area contributed by atoms with Crippen molar-refractivity contribution in [1.82, 2.24) is 61.7 Å². The molecule has 0 radical (unpaired) electrons. The quantitative estimate of drug-likeness (QED) is 0.00668. The minimum Gasteiger partial charge on any atom is -0.480 e. The second-order valence-corrected chi connectivity index (χ2v) is 27.3. The number of carboxylic acid groups (broad SMARTS) is 2. The summed E-state index contributed by atoms with van der Waals surface area (Å²) in [6, 6.07) is 12.7. The number of rotatable bonds is 34. The number of pyridine rings is 1. The standard InChI is InChI=1S/C72H82N14O17S2/c1-9-43-37(2)50-30-55-47-18-16-46(69(96)100-7)63(70(97)101-8)72(47,5)58(82-55)32-51-38(3)44(53(81-51)31-54-45(17-21-62(89)99-6)39(4)49(80-54)29-52(43)79-50)11-10-23-77-86-71(98)103-27-28-104-105-36-57(68(94)95)83-61(88)22-25-102-26-24-74-60(87)20-19-48(67(92)93)84-65(90)40-12-14-41(15-13-40)75-34-42-35-76-56-33-59(73)85-66(91)64(56)78-42/h9,12-16,18,29-33,35,48,57,63,75,77,80,82H,1,10-11,17,19-28,34,36H2,2-8H3,(H,74,87)(H,83,88)(H,84,90)(H,86,98)(H,92,93)(H,94,95)(H3,73,85,91)/t48-,57+,63+,72-/m1/s1. The number of amides is 4. The Morgan fingerprint density at radius 3 is 2.23 bits per heavy atom. The number of nitrogen functional groups attached to an aromatic ring is 1. The van der Waals surface area contributed by atoms with Crippen LogP contribution in [0, 0.1) is 12.8 Å². The van der Waals surface area contributed by atoms with Crippen molar-refractivity contribution >= 4 is 137 Å². The molecule has 0 fully saturated rings. The molecule has 33 heteroatoms. The lowest BCUT2D eigenvalue weighted by atomic mass is 9.64. The lowest BCUT2D eigenvalue weighted by molar-refractivity contribution is -0.149. The first-order valence-corrected chi connectivity index (χ1v) is 35.9. The molecule has 8 bridgehead atoms. The average Bonchev–Trinajstić information content (AvgIpc) is 1.57. The van der Waals surface area contributed by atoms with Crippen LogP contribution in [0.5, 0.6) is 0 Å². The number of aromatic nitrogens is 7. The number of carbonyl (C=O) groups excluding carboxylic acids is 7. The van der Waals surface area contributed by atoms with Gasteiger partial charge in [-0.2, -0.15) is 0 Å². The van der Waals surface area contributed by atoms with Crippen molar-refractivity contribution in [2.75, 3.05) is 76.8 Å². The van der Waals surface area contributed by atoms with Crippen LogP contribution in [0.25, 0.3) is 49.9 Å². The van der Waals surface area contributed by atoms with E-state index in [9.17, 15) is 58.2 Å². The van der Waals surface area contributed by atoms with Gasteiger partial charge in [0.1, 0.15) is 30.4 Å². The number of ether oxygens (including phenoxy) is 5. The number of benzene rings is 1.